The van der Waals surface area contributed by atoms with Crippen molar-refractivity contribution in [3.63, 3.8) is 0 Å². The lowest BCUT2D eigenvalue weighted by molar-refractivity contribution is -0.113. The number of nitrogens with one attached hydrogen (secondary N) is 1. The molecule has 0 aliphatic heterocycles. The molecular weight excluding hydrogens is 478 g/mol. The van der Waals surface area contributed by atoms with Crippen molar-refractivity contribution in [1.82, 2.24) is 14.8 Å². The Hall–Kier alpha value is -2.14. The number of carbonyl (C=O) groups is 1. The molecule has 0 saturated carbocycles. The fourth-order valence-corrected chi connectivity index (χ4v) is 4.47. The van der Waals surface area contributed by atoms with E-state index in [2.05, 4.69) is 15.5 Å². The number of hydrogen-bond donors (Lipinski definition) is 1. The highest BCUT2D eigenvalue weighted by molar-refractivity contribution is 8.00. The molecule has 0 fully saturated rings. The minimum atomic E-state index is -2.57. The van der Waals surface area contributed by atoms with Crippen LogP contribution in [0.4, 0.5) is 14.5 Å². The average molecular weight is 499 g/mol. The highest BCUT2D eigenvalue weighted by Gasteiger charge is 2.18. The Balaban J connectivity index is 1.73. The normalized spacial score (nSPS) is 11.2. The zero-order valence-electron chi connectivity index (χ0n) is 17.1. The van der Waals surface area contributed by atoms with Crippen molar-refractivity contribution in [2.24, 2.45) is 0 Å². The summed E-state index contributed by atoms with van der Waals surface area (Å²) in [7, 11) is 1.63. The van der Waals surface area contributed by atoms with Crippen molar-refractivity contribution in [3.8, 4) is 11.4 Å². The Bertz CT molecular complexity index is 1050. The third kappa shape index (κ3) is 6.68. The van der Waals surface area contributed by atoms with Crippen molar-refractivity contribution < 1.29 is 18.3 Å². The summed E-state index contributed by atoms with van der Waals surface area (Å²) in [5, 5.41) is 12.3. The van der Waals surface area contributed by atoms with Gasteiger partial charge in [-0.15, -0.1) is 10.2 Å². The summed E-state index contributed by atoms with van der Waals surface area (Å²) >= 11 is 7.94. The molecule has 0 bridgehead atoms. The monoisotopic (exact) mass is 498 g/mol. The zero-order chi connectivity index (χ0) is 22.9. The maximum atomic E-state index is 12.8. The number of halogens is 3. The van der Waals surface area contributed by atoms with Gasteiger partial charge >= 0.3 is 0 Å². The fraction of sp³-hybridized carbons (Fsp3) is 0.286. The molecule has 1 aromatic heterocycles. The SMILES string of the molecule is COCCCn1c(SCC(=O)Nc2ccccc2SC(F)F)nnc1-c1ccccc1Cl. The smallest absolute Gasteiger partial charge is 0.288 e. The van der Waals surface area contributed by atoms with E-state index in [4.69, 9.17) is 16.3 Å². The highest BCUT2D eigenvalue weighted by Crippen LogP contribution is 2.32. The summed E-state index contributed by atoms with van der Waals surface area (Å²) in [6.07, 6.45) is 0.726. The second-order valence-electron chi connectivity index (χ2n) is 6.50. The zero-order valence-corrected chi connectivity index (χ0v) is 19.5. The first-order chi connectivity index (χ1) is 15.5. The largest absolute Gasteiger partial charge is 0.385 e. The molecule has 0 atom stereocenters. The summed E-state index contributed by atoms with van der Waals surface area (Å²) < 4.78 is 32.6. The number of ether oxygens (including phenoxy) is 1. The molecule has 6 nitrogen and oxygen atoms in total. The maximum Gasteiger partial charge on any atom is 0.288 e. The van der Waals surface area contributed by atoms with Crippen LogP contribution in [0.5, 0.6) is 0 Å². The van der Waals surface area contributed by atoms with E-state index >= 15 is 0 Å². The van der Waals surface area contributed by atoms with Gasteiger partial charge in [-0.3, -0.25) is 4.79 Å². The molecule has 1 N–H and O–H groups in total. The molecule has 0 unspecified atom stereocenters. The lowest BCUT2D eigenvalue weighted by Gasteiger charge is -2.12. The van der Waals surface area contributed by atoms with Gasteiger partial charge in [0.1, 0.15) is 0 Å². The molecule has 2 aromatic carbocycles. The van der Waals surface area contributed by atoms with Gasteiger partial charge in [0.25, 0.3) is 5.76 Å². The third-order valence-electron chi connectivity index (χ3n) is 4.27. The van der Waals surface area contributed by atoms with E-state index in [1.807, 2.05) is 22.8 Å². The van der Waals surface area contributed by atoms with Crippen molar-refractivity contribution >= 4 is 46.7 Å². The first-order valence-electron chi connectivity index (χ1n) is 9.63. The number of methoxy groups -OCH3 is 1. The molecule has 11 heteroatoms. The van der Waals surface area contributed by atoms with Gasteiger partial charge in [0.15, 0.2) is 11.0 Å². The fourth-order valence-electron chi connectivity index (χ4n) is 2.89. The molecule has 0 saturated heterocycles. The molecule has 3 aromatic rings. The highest BCUT2D eigenvalue weighted by atomic mass is 35.5. The first-order valence-corrected chi connectivity index (χ1v) is 11.9. The Morgan fingerprint density at radius 3 is 2.69 bits per heavy atom. The molecule has 1 amide bonds. The van der Waals surface area contributed by atoms with E-state index in [0.717, 1.165) is 12.0 Å². The molecule has 0 spiro atoms. The number of para-hydroxylation sites is 1. The standard InChI is InChI=1S/C21H21ClF2N4O2S2/c1-30-12-6-11-28-19(14-7-2-3-8-15(14)22)26-27-21(28)31-13-18(29)25-16-9-4-5-10-17(16)32-20(23)24/h2-5,7-10,20H,6,11-13H2,1H3,(H,25,29). The van der Waals surface area contributed by atoms with Crippen molar-refractivity contribution in [3.05, 3.63) is 53.6 Å². The summed E-state index contributed by atoms with van der Waals surface area (Å²) in [5.41, 5.74) is 1.09. The quantitative estimate of drug-likeness (QED) is 0.271. The summed E-state index contributed by atoms with van der Waals surface area (Å²) in [4.78, 5) is 12.8. The van der Waals surface area contributed by atoms with Gasteiger partial charge in [-0.1, -0.05) is 59.4 Å². The lowest BCUT2D eigenvalue weighted by atomic mass is 10.2. The molecule has 0 aliphatic carbocycles. The van der Waals surface area contributed by atoms with Crippen LogP contribution >= 0.6 is 35.1 Å². The number of thioether (sulfide) groups is 2. The van der Waals surface area contributed by atoms with Crippen molar-refractivity contribution in [1.29, 1.82) is 0 Å². The van der Waals surface area contributed by atoms with Gasteiger partial charge < -0.3 is 14.6 Å². The summed E-state index contributed by atoms with van der Waals surface area (Å²) in [5.74, 6) is -2.26. The third-order valence-corrected chi connectivity index (χ3v) is 6.36. The van der Waals surface area contributed by atoms with Crippen LogP contribution in [0, 0.1) is 0 Å². The number of alkyl halides is 2. The van der Waals surface area contributed by atoms with Crippen LogP contribution in [-0.4, -0.2) is 45.9 Å². The van der Waals surface area contributed by atoms with E-state index in [1.54, 1.807) is 37.4 Å². The predicted molar refractivity (Wildman–Crippen MR) is 125 cm³/mol. The number of carbonyl (C=O) groups excluding carboxylic acids is 1. The van der Waals surface area contributed by atoms with Gasteiger partial charge in [0, 0.05) is 30.7 Å². The summed E-state index contributed by atoms with van der Waals surface area (Å²) in [6, 6.07) is 13.8. The molecule has 32 heavy (non-hydrogen) atoms. The maximum absolute atomic E-state index is 12.8. The topological polar surface area (TPSA) is 69.0 Å². The van der Waals surface area contributed by atoms with E-state index in [1.165, 1.54) is 11.8 Å². The van der Waals surface area contributed by atoms with Crippen LogP contribution in [0.2, 0.25) is 5.02 Å². The van der Waals surface area contributed by atoms with E-state index in [0.29, 0.717) is 51.5 Å². The van der Waals surface area contributed by atoms with E-state index in [-0.39, 0.29) is 11.7 Å². The minimum Gasteiger partial charge on any atom is -0.385 e. The number of hydrogen-bond acceptors (Lipinski definition) is 6. The molecular formula is C21H21ClF2N4O2S2. The van der Waals surface area contributed by atoms with Crippen LogP contribution in [0.15, 0.2) is 58.6 Å². The predicted octanol–water partition coefficient (Wildman–Crippen LogP) is 5.68. The van der Waals surface area contributed by atoms with Gasteiger partial charge in [0.2, 0.25) is 5.91 Å². The number of amides is 1. The van der Waals surface area contributed by atoms with Crippen LogP contribution in [0.3, 0.4) is 0 Å². The number of rotatable bonds is 11. The van der Waals surface area contributed by atoms with E-state index in [9.17, 15) is 13.6 Å². The van der Waals surface area contributed by atoms with Crippen LogP contribution < -0.4 is 5.32 Å². The van der Waals surface area contributed by atoms with Gasteiger partial charge in [0.05, 0.1) is 16.5 Å². The van der Waals surface area contributed by atoms with Gasteiger partial charge in [-0.25, -0.2) is 0 Å². The number of nitrogens with zero attached hydrogens (tertiary/aromatic N) is 3. The number of benzene rings is 2. The van der Waals surface area contributed by atoms with Crippen LogP contribution in [0.1, 0.15) is 6.42 Å². The molecule has 170 valence electrons. The number of anilines is 1. The molecule has 3 rings (SSSR count). The van der Waals surface area contributed by atoms with Crippen molar-refractivity contribution in [2.75, 3.05) is 24.8 Å². The molecule has 1 heterocycles. The Morgan fingerprint density at radius 1 is 1.19 bits per heavy atom. The van der Waals surface area contributed by atoms with Crippen LogP contribution in [0.25, 0.3) is 11.4 Å². The Labute approximate surface area is 198 Å². The van der Waals surface area contributed by atoms with E-state index < -0.39 is 5.76 Å². The van der Waals surface area contributed by atoms with Crippen LogP contribution in [-0.2, 0) is 16.1 Å². The minimum absolute atomic E-state index is 0.0403. The van der Waals surface area contributed by atoms with Gasteiger partial charge in [-0.05, 0) is 30.7 Å². The molecule has 0 radical (unpaired) electrons. The Morgan fingerprint density at radius 2 is 1.94 bits per heavy atom. The average Bonchev–Trinajstić information content (AvgIpc) is 3.16. The second kappa shape index (κ2) is 12.2. The van der Waals surface area contributed by atoms with Crippen molar-refractivity contribution in [2.45, 2.75) is 28.8 Å². The summed E-state index contributed by atoms with van der Waals surface area (Å²) in [6.45, 7) is 1.14. The first kappa shape index (κ1) is 24.5. The van der Waals surface area contributed by atoms with Gasteiger partial charge in [-0.2, -0.15) is 8.78 Å². The molecule has 0 aliphatic rings. The lowest BCUT2D eigenvalue weighted by Crippen LogP contribution is -2.15. The Kier molecular flexibility index (Phi) is 9.34. The second-order valence-corrected chi connectivity index (χ2v) is 8.88. The number of aromatic nitrogens is 3.